The van der Waals surface area contributed by atoms with Crippen LogP contribution in [0.25, 0.3) is 0 Å². The van der Waals surface area contributed by atoms with E-state index in [1.54, 1.807) is 0 Å². The molecule has 0 aromatic rings. The van der Waals surface area contributed by atoms with Crippen LogP contribution in [0.15, 0.2) is 0 Å². The molecule has 0 amide bonds. The summed E-state index contributed by atoms with van der Waals surface area (Å²) in [6.45, 7) is 0. The Morgan fingerprint density at radius 2 is 0.455 bits per heavy atom. The molecule has 0 aliphatic carbocycles. The van der Waals surface area contributed by atoms with E-state index in [1.165, 1.54) is 0 Å². The molecule has 0 saturated heterocycles. The second-order valence-corrected chi connectivity index (χ2v) is 0. The van der Waals surface area contributed by atoms with Crippen molar-refractivity contribution in [1.29, 1.82) is 0 Å². The van der Waals surface area contributed by atoms with E-state index in [4.69, 9.17) is 0 Å². The molecule has 80 valence electrons. The van der Waals surface area contributed by atoms with Crippen LogP contribution in [0.5, 0.6) is 0 Å². The predicted molar refractivity (Wildman–Crippen MR) is 44.4 cm³/mol. The van der Waals surface area contributed by atoms with Gasteiger partial charge in [0.2, 0.25) is 0 Å². The quantitative estimate of drug-likeness (QED) is 0.371. The third-order valence-corrected chi connectivity index (χ3v) is 0. The van der Waals surface area contributed by atoms with Crippen LogP contribution in [0.4, 0.5) is 0 Å². The standard InChI is InChI=1S/2BH4.ClH.Na.Ni.6H2O/h2*1H4;1H;;;6*1H2/q2*-1;;+1;+2;;;;;;/p-1. The second-order valence-electron chi connectivity index (χ2n) is 0. The van der Waals surface area contributed by atoms with Crippen LogP contribution >= 0.6 is 0 Å². The molecule has 0 aromatic heterocycles. The first kappa shape index (κ1) is 617. The van der Waals surface area contributed by atoms with Crippen LogP contribution in [0.3, 0.4) is 0 Å². The summed E-state index contributed by atoms with van der Waals surface area (Å²) in [7, 11) is 0. The molecule has 0 atom stereocenters. The molecule has 6 nitrogen and oxygen atoms in total. The van der Waals surface area contributed by atoms with E-state index in [-0.39, 0.29) is 108 Å². The van der Waals surface area contributed by atoms with Gasteiger partial charge in [-0.1, -0.05) is 16.8 Å². The maximum Gasteiger partial charge on any atom is 2.00 e. The Morgan fingerprint density at radius 1 is 0.455 bits per heavy atom. The van der Waals surface area contributed by atoms with Gasteiger partial charge in [0.15, 0.2) is 0 Å². The first-order valence-electron chi connectivity index (χ1n) is 0. The fraction of sp³-hybridized carbons (Fsp3) is 0. The minimum absolute atomic E-state index is 0. The molecule has 0 spiro atoms. The summed E-state index contributed by atoms with van der Waals surface area (Å²) in [6.07, 6.45) is 0. The van der Waals surface area contributed by atoms with Crippen molar-refractivity contribution < 1.29 is 91.3 Å². The maximum atomic E-state index is 0. The third kappa shape index (κ3) is 390. The first-order chi connectivity index (χ1) is 0. The van der Waals surface area contributed by atoms with Crippen molar-refractivity contribution in [3.05, 3.63) is 0 Å². The molecule has 12 N–H and O–H groups in total. The van der Waals surface area contributed by atoms with Crippen LogP contribution in [0.2, 0.25) is 0 Å². The molecule has 11 heavy (non-hydrogen) atoms. The van der Waals surface area contributed by atoms with Gasteiger partial charge in [-0.2, -0.15) is 0 Å². The van der Waals surface area contributed by atoms with Gasteiger partial charge in [0.1, 0.15) is 0 Å². The Morgan fingerprint density at radius 3 is 0.455 bits per heavy atom. The fourth-order valence-corrected chi connectivity index (χ4v) is 0. The van der Waals surface area contributed by atoms with E-state index < -0.39 is 0 Å². The molecule has 0 unspecified atom stereocenters. The molecule has 11 heteroatoms. The topological polar surface area (TPSA) is 189 Å². The summed E-state index contributed by atoms with van der Waals surface area (Å²) in [5.74, 6) is 0. The number of hydrogen-bond donors (Lipinski definition) is 0. The maximum absolute atomic E-state index is 0. The summed E-state index contributed by atoms with van der Waals surface area (Å²) >= 11 is 0. The summed E-state index contributed by atoms with van der Waals surface area (Å²) in [5, 5.41) is 0. The first-order valence-corrected chi connectivity index (χ1v) is 0. The molecule has 0 aromatic carbocycles. The molecule has 0 aliphatic heterocycles. The molecule has 0 radical (unpaired) electrons. The van der Waals surface area contributed by atoms with Crippen molar-refractivity contribution in [3.63, 3.8) is 0 Å². The van der Waals surface area contributed by atoms with Crippen molar-refractivity contribution in [1.82, 2.24) is 0 Å². The Balaban J connectivity index is 0. The van der Waals surface area contributed by atoms with E-state index in [0.717, 1.165) is 0 Å². The van der Waals surface area contributed by atoms with Gasteiger partial charge in [0.05, 0.1) is 0 Å². The average molecular weight is 255 g/mol. The smallest absolute Gasteiger partial charge is 1.00 e. The minimum atomic E-state index is 0. The summed E-state index contributed by atoms with van der Waals surface area (Å²) in [6, 6.07) is 0. The van der Waals surface area contributed by atoms with Crippen LogP contribution in [0, 0.1) is 0 Å². The van der Waals surface area contributed by atoms with Crippen LogP contribution in [0.1, 0.15) is 0 Å². The van der Waals surface area contributed by atoms with E-state index in [0.29, 0.717) is 0 Å². The van der Waals surface area contributed by atoms with Gasteiger partial charge >= 0.3 is 46.0 Å². The third-order valence-electron chi connectivity index (χ3n) is 0. The van der Waals surface area contributed by atoms with Crippen molar-refractivity contribution in [2.45, 2.75) is 0 Å². The Labute approximate surface area is 108 Å². The molecule has 0 rings (SSSR count). The van der Waals surface area contributed by atoms with E-state index in [1.807, 2.05) is 0 Å². The van der Waals surface area contributed by atoms with Gasteiger partial charge in [-0.05, 0) is 0 Å². The molecule has 0 heterocycles. The van der Waals surface area contributed by atoms with Crippen molar-refractivity contribution >= 4 is 16.8 Å². The van der Waals surface area contributed by atoms with Crippen LogP contribution < -0.4 is 42.0 Å². The van der Waals surface area contributed by atoms with Crippen molar-refractivity contribution in [2.24, 2.45) is 0 Å². The summed E-state index contributed by atoms with van der Waals surface area (Å²) in [5.41, 5.74) is 0. The fourth-order valence-electron chi connectivity index (χ4n) is 0. The number of hydrogen-bond acceptors (Lipinski definition) is 0. The summed E-state index contributed by atoms with van der Waals surface area (Å²) in [4.78, 5) is 0. The van der Waals surface area contributed by atoms with Gasteiger partial charge in [0, 0.05) is 0 Å². The molecule has 0 fully saturated rings. The average Bonchev–Trinajstić information content (AvgIpc) is 0. The van der Waals surface area contributed by atoms with Gasteiger partial charge in [-0.25, -0.2) is 0 Å². The van der Waals surface area contributed by atoms with E-state index in [9.17, 15) is 0 Å². The molecule has 0 saturated carbocycles. The zero-order valence-electron chi connectivity index (χ0n) is 4.69. The molecule has 0 bridgehead atoms. The van der Waals surface area contributed by atoms with Gasteiger partial charge in [-0.3, -0.25) is 0 Å². The van der Waals surface area contributed by atoms with Crippen molar-refractivity contribution in [3.8, 4) is 0 Å². The molecular formula is H20B2ClNaNiO6. The van der Waals surface area contributed by atoms with Crippen LogP contribution in [-0.2, 0) is 16.5 Å². The molecular weight excluding hydrogens is 235 g/mol. The van der Waals surface area contributed by atoms with E-state index >= 15 is 0 Å². The largest absolute Gasteiger partial charge is 2.00 e. The monoisotopic (exact) mass is 254 g/mol. The normalized spacial score (nSPS) is 0. The predicted octanol–water partition coefficient (Wildman–Crippen LogP) is -13.8. The summed E-state index contributed by atoms with van der Waals surface area (Å²) < 4.78 is 0. The minimum Gasteiger partial charge on any atom is -1.00 e. The number of halogens is 1. The Hall–Kier alpha value is 1.67. The van der Waals surface area contributed by atoms with Crippen LogP contribution in [-0.4, -0.2) is 49.7 Å². The number of rotatable bonds is 0. The Bertz CT molecular complexity index is 20.5. The zero-order valence-corrected chi connectivity index (χ0v) is 8.44. The van der Waals surface area contributed by atoms with Crippen molar-refractivity contribution in [2.75, 3.05) is 0 Å². The van der Waals surface area contributed by atoms with Gasteiger partial charge in [-0.15, -0.1) is 0 Å². The SMILES string of the molecule is O.O.O.O.O.O.[BH4-].[BH4-].[Cl-].[Na+].[Ni+2]. The van der Waals surface area contributed by atoms with Gasteiger partial charge < -0.3 is 45.3 Å². The Kier molecular flexibility index (Phi) is 26600. The second kappa shape index (κ2) is 475. The van der Waals surface area contributed by atoms with Gasteiger partial charge in [0.25, 0.3) is 0 Å². The molecule has 0 aliphatic rings. The van der Waals surface area contributed by atoms with E-state index in [2.05, 4.69) is 0 Å². The zero-order chi connectivity index (χ0) is 0.